The second kappa shape index (κ2) is 4.93. The fourth-order valence-corrected chi connectivity index (χ4v) is 3.41. The maximum atomic E-state index is 11.5. The molecule has 1 aliphatic heterocycles. The first-order chi connectivity index (χ1) is 8.12. The second-order valence-corrected chi connectivity index (χ2v) is 6.22. The third-order valence-corrected chi connectivity index (χ3v) is 5.04. The maximum absolute atomic E-state index is 11.5. The number of benzene rings is 1. The number of thioether (sulfide) groups is 1. The van der Waals surface area contributed by atoms with E-state index in [1.807, 2.05) is 30.3 Å². The summed E-state index contributed by atoms with van der Waals surface area (Å²) < 4.78 is 25.8. The van der Waals surface area contributed by atoms with Gasteiger partial charge in [-0.3, -0.25) is 9.71 Å². The van der Waals surface area contributed by atoms with Gasteiger partial charge in [-0.05, 0) is 11.8 Å². The van der Waals surface area contributed by atoms with Gasteiger partial charge in [0.15, 0.2) is 0 Å². The van der Waals surface area contributed by atoms with Crippen LogP contribution in [0.5, 0.6) is 0 Å². The van der Waals surface area contributed by atoms with Gasteiger partial charge >= 0.3 is 0 Å². The fourth-order valence-electron chi connectivity index (χ4n) is 1.41. The lowest BCUT2D eigenvalue weighted by Gasteiger charge is -1.99. The van der Waals surface area contributed by atoms with Crippen LogP contribution in [0.15, 0.2) is 45.6 Å². The Labute approximate surface area is 105 Å². The Morgan fingerprint density at radius 2 is 2.00 bits per heavy atom. The van der Waals surface area contributed by atoms with Crippen LogP contribution in [0.25, 0.3) is 0 Å². The Balaban J connectivity index is 2.14. The third-order valence-electron chi connectivity index (χ3n) is 2.23. The van der Waals surface area contributed by atoms with Crippen molar-refractivity contribution >= 4 is 27.6 Å². The van der Waals surface area contributed by atoms with Crippen LogP contribution >= 0.6 is 11.8 Å². The molecule has 0 radical (unpaired) electrons. The number of nitrogens with zero attached hydrogens (tertiary/aromatic N) is 1. The average molecular weight is 268 g/mol. The molecule has 0 atom stereocenters. The lowest BCUT2D eigenvalue weighted by molar-refractivity contribution is 0.602. The highest BCUT2D eigenvalue weighted by Crippen LogP contribution is 2.22. The van der Waals surface area contributed by atoms with Gasteiger partial charge in [0.2, 0.25) is 0 Å². The summed E-state index contributed by atoms with van der Waals surface area (Å²) in [6.45, 7) is 0.469. The summed E-state index contributed by atoms with van der Waals surface area (Å²) >= 11 is 1.19. The predicted octanol–water partition coefficient (Wildman–Crippen LogP) is 1.72. The smallest absolute Gasteiger partial charge is 0.263 e. The van der Waals surface area contributed by atoms with Crippen molar-refractivity contribution in [2.75, 3.05) is 6.26 Å². The van der Waals surface area contributed by atoms with E-state index in [1.165, 1.54) is 11.8 Å². The highest BCUT2D eigenvalue weighted by molar-refractivity contribution is 8.18. The largest absolute Gasteiger partial charge is 0.269 e. The third kappa shape index (κ3) is 2.89. The summed E-state index contributed by atoms with van der Waals surface area (Å²) in [6, 6.07) is 9.69. The summed E-state index contributed by atoms with van der Waals surface area (Å²) in [7, 11) is -3.35. The Kier molecular flexibility index (Phi) is 3.54. The van der Waals surface area contributed by atoms with Gasteiger partial charge in [-0.15, -0.1) is 11.8 Å². The molecule has 0 saturated heterocycles. The quantitative estimate of drug-likeness (QED) is 0.908. The van der Waals surface area contributed by atoms with E-state index < -0.39 is 10.0 Å². The van der Waals surface area contributed by atoms with Crippen molar-refractivity contribution in [2.24, 2.45) is 4.99 Å². The molecular formula is C11H12N2O2S2. The molecule has 6 heteroatoms. The van der Waals surface area contributed by atoms with Crippen LogP contribution in [-0.4, -0.2) is 20.5 Å². The van der Waals surface area contributed by atoms with Gasteiger partial charge in [-0.1, -0.05) is 30.3 Å². The average Bonchev–Trinajstić information content (AvgIpc) is 2.62. The molecule has 4 nitrogen and oxygen atoms in total. The number of rotatable bonds is 3. The number of sulfonamides is 1. The van der Waals surface area contributed by atoms with E-state index in [0.29, 0.717) is 16.6 Å². The van der Waals surface area contributed by atoms with Crippen molar-refractivity contribution in [1.29, 1.82) is 0 Å². The molecule has 1 aliphatic rings. The van der Waals surface area contributed by atoms with Crippen molar-refractivity contribution in [3.05, 3.63) is 46.2 Å². The standard InChI is InChI=1S/C11H12N2O2S2/c1-16-11-7-10(13-17(11,14)15)12-8-9-5-3-2-4-6-9/h2-7H,8H2,1H3,(H,12,13). The summed E-state index contributed by atoms with van der Waals surface area (Å²) in [5.41, 5.74) is 1.05. The molecular weight excluding hydrogens is 256 g/mol. The van der Waals surface area contributed by atoms with Crippen LogP contribution < -0.4 is 4.72 Å². The van der Waals surface area contributed by atoms with E-state index in [9.17, 15) is 8.42 Å². The Morgan fingerprint density at radius 1 is 1.29 bits per heavy atom. The monoisotopic (exact) mass is 268 g/mol. The molecule has 2 rings (SSSR count). The molecule has 0 bridgehead atoms. The Morgan fingerprint density at radius 3 is 2.59 bits per heavy atom. The first-order valence-corrected chi connectivity index (χ1v) is 7.69. The van der Waals surface area contributed by atoms with Crippen LogP contribution in [0, 0.1) is 0 Å². The minimum absolute atomic E-state index is 0.310. The number of amidine groups is 1. The van der Waals surface area contributed by atoms with Gasteiger partial charge in [0.25, 0.3) is 10.0 Å². The number of aliphatic imine (C=N–C) groups is 1. The van der Waals surface area contributed by atoms with E-state index in [-0.39, 0.29) is 0 Å². The minimum Gasteiger partial charge on any atom is -0.263 e. The van der Waals surface area contributed by atoms with Crippen molar-refractivity contribution in [1.82, 2.24) is 4.72 Å². The second-order valence-electron chi connectivity index (χ2n) is 3.46. The molecule has 0 fully saturated rings. The molecule has 17 heavy (non-hydrogen) atoms. The molecule has 1 aromatic carbocycles. The topological polar surface area (TPSA) is 58.5 Å². The zero-order chi connectivity index (χ0) is 12.3. The minimum atomic E-state index is -3.35. The van der Waals surface area contributed by atoms with Gasteiger partial charge in [-0.25, -0.2) is 8.42 Å². The lowest BCUT2D eigenvalue weighted by atomic mass is 10.2. The van der Waals surface area contributed by atoms with Crippen LogP contribution in [0.4, 0.5) is 0 Å². The SMILES string of the molecule is CSC1=CC(=NCc2ccccc2)NS1(=O)=O. The van der Waals surface area contributed by atoms with E-state index in [4.69, 9.17) is 0 Å². The van der Waals surface area contributed by atoms with E-state index in [0.717, 1.165) is 5.56 Å². The molecule has 0 unspecified atom stereocenters. The van der Waals surface area contributed by atoms with E-state index in [1.54, 1.807) is 12.3 Å². The molecule has 1 N–H and O–H groups in total. The molecule has 0 aromatic heterocycles. The van der Waals surface area contributed by atoms with Gasteiger partial charge in [-0.2, -0.15) is 0 Å². The highest BCUT2D eigenvalue weighted by Gasteiger charge is 2.25. The van der Waals surface area contributed by atoms with Crippen LogP contribution in [0.2, 0.25) is 0 Å². The summed E-state index contributed by atoms with van der Waals surface area (Å²) in [5.74, 6) is 0.401. The summed E-state index contributed by atoms with van der Waals surface area (Å²) in [6.07, 6.45) is 3.29. The predicted molar refractivity (Wildman–Crippen MR) is 71.2 cm³/mol. The van der Waals surface area contributed by atoms with E-state index >= 15 is 0 Å². The zero-order valence-corrected chi connectivity index (χ0v) is 10.9. The Hall–Kier alpha value is -1.27. The van der Waals surface area contributed by atoms with Gasteiger partial charge in [0.1, 0.15) is 10.1 Å². The molecule has 0 aliphatic carbocycles. The molecule has 90 valence electrons. The van der Waals surface area contributed by atoms with Crippen LogP contribution in [0.1, 0.15) is 5.56 Å². The van der Waals surface area contributed by atoms with Gasteiger partial charge in [0, 0.05) is 6.08 Å². The zero-order valence-electron chi connectivity index (χ0n) is 9.25. The van der Waals surface area contributed by atoms with Crippen LogP contribution in [-0.2, 0) is 16.6 Å². The first-order valence-electron chi connectivity index (χ1n) is 4.99. The molecule has 1 heterocycles. The normalized spacial score (nSPS) is 20.1. The highest BCUT2D eigenvalue weighted by atomic mass is 32.3. The number of hydrogen-bond acceptors (Lipinski definition) is 4. The molecule has 0 amide bonds. The van der Waals surface area contributed by atoms with Gasteiger partial charge < -0.3 is 0 Å². The van der Waals surface area contributed by atoms with Crippen LogP contribution in [0.3, 0.4) is 0 Å². The molecule has 0 saturated carbocycles. The van der Waals surface area contributed by atoms with Crippen molar-refractivity contribution < 1.29 is 8.42 Å². The maximum Gasteiger partial charge on any atom is 0.269 e. The lowest BCUT2D eigenvalue weighted by Crippen LogP contribution is -2.22. The number of hydrogen-bond donors (Lipinski definition) is 1. The fraction of sp³-hybridized carbons (Fsp3) is 0.182. The van der Waals surface area contributed by atoms with Gasteiger partial charge in [0.05, 0.1) is 6.54 Å². The summed E-state index contributed by atoms with van der Waals surface area (Å²) in [4.78, 5) is 4.22. The summed E-state index contributed by atoms with van der Waals surface area (Å²) in [5, 5.41) is 0. The van der Waals surface area contributed by atoms with E-state index in [2.05, 4.69) is 9.71 Å². The molecule has 1 aromatic rings. The molecule has 0 spiro atoms. The van der Waals surface area contributed by atoms with Crippen molar-refractivity contribution in [3.8, 4) is 0 Å². The number of nitrogens with one attached hydrogen (secondary N) is 1. The van der Waals surface area contributed by atoms with Crippen molar-refractivity contribution in [2.45, 2.75) is 6.54 Å². The Bertz CT molecular complexity index is 562. The first kappa shape index (κ1) is 12.2. The van der Waals surface area contributed by atoms with Crippen molar-refractivity contribution in [3.63, 3.8) is 0 Å².